The molecule has 5 heteroatoms. The SMILES string of the molecule is CN=C(NCCN1CCCCCC1)NCc1ccc(F)c(C)c1. The summed E-state index contributed by atoms with van der Waals surface area (Å²) in [4.78, 5) is 6.77. The van der Waals surface area contributed by atoms with E-state index < -0.39 is 0 Å². The van der Waals surface area contributed by atoms with E-state index in [2.05, 4.69) is 20.5 Å². The van der Waals surface area contributed by atoms with Crippen LogP contribution < -0.4 is 10.6 Å². The zero-order valence-electron chi connectivity index (χ0n) is 14.4. The highest BCUT2D eigenvalue weighted by Crippen LogP contribution is 2.09. The molecule has 0 bridgehead atoms. The first-order chi connectivity index (χ1) is 11.2. The molecule has 0 unspecified atom stereocenters. The van der Waals surface area contributed by atoms with Crippen LogP contribution in [0.2, 0.25) is 0 Å². The third-order valence-electron chi connectivity index (χ3n) is 4.33. The molecular formula is C18H29FN4. The van der Waals surface area contributed by atoms with Crippen LogP contribution in [0.25, 0.3) is 0 Å². The maximum absolute atomic E-state index is 13.3. The second-order valence-electron chi connectivity index (χ2n) is 6.19. The molecule has 0 saturated carbocycles. The normalized spacial score (nSPS) is 16.9. The summed E-state index contributed by atoms with van der Waals surface area (Å²) in [6.07, 6.45) is 5.36. The molecule has 0 aliphatic carbocycles. The summed E-state index contributed by atoms with van der Waals surface area (Å²) in [6.45, 7) is 6.79. The lowest BCUT2D eigenvalue weighted by atomic mass is 10.1. The molecule has 0 radical (unpaired) electrons. The highest BCUT2D eigenvalue weighted by Gasteiger charge is 2.08. The summed E-state index contributed by atoms with van der Waals surface area (Å²) < 4.78 is 13.3. The number of aliphatic imine (C=N–C) groups is 1. The third kappa shape index (κ3) is 6.18. The van der Waals surface area contributed by atoms with E-state index in [1.807, 2.05) is 6.07 Å². The predicted molar refractivity (Wildman–Crippen MR) is 94.2 cm³/mol. The molecule has 0 atom stereocenters. The summed E-state index contributed by atoms with van der Waals surface area (Å²) in [5.41, 5.74) is 1.73. The Morgan fingerprint density at radius 1 is 1.17 bits per heavy atom. The van der Waals surface area contributed by atoms with Crippen LogP contribution >= 0.6 is 0 Å². The number of nitrogens with one attached hydrogen (secondary N) is 2. The minimum atomic E-state index is -0.159. The number of guanidine groups is 1. The molecule has 1 aromatic carbocycles. The maximum Gasteiger partial charge on any atom is 0.191 e. The Labute approximate surface area is 139 Å². The number of nitrogens with zero attached hydrogens (tertiary/aromatic N) is 2. The quantitative estimate of drug-likeness (QED) is 0.647. The fourth-order valence-corrected chi connectivity index (χ4v) is 2.92. The predicted octanol–water partition coefficient (Wildman–Crippen LogP) is 2.68. The lowest BCUT2D eigenvalue weighted by Gasteiger charge is -2.20. The van der Waals surface area contributed by atoms with Crippen molar-refractivity contribution in [1.82, 2.24) is 15.5 Å². The molecule has 1 fully saturated rings. The van der Waals surface area contributed by atoms with Gasteiger partial charge in [-0.1, -0.05) is 25.0 Å². The Bertz CT molecular complexity index is 508. The molecule has 23 heavy (non-hydrogen) atoms. The van der Waals surface area contributed by atoms with Crippen LogP contribution in [0.5, 0.6) is 0 Å². The smallest absolute Gasteiger partial charge is 0.191 e. The first-order valence-electron chi connectivity index (χ1n) is 8.61. The summed E-state index contributed by atoms with van der Waals surface area (Å²) >= 11 is 0. The van der Waals surface area contributed by atoms with Gasteiger partial charge in [-0.05, 0) is 50.0 Å². The van der Waals surface area contributed by atoms with Crippen LogP contribution in [0.15, 0.2) is 23.2 Å². The van der Waals surface area contributed by atoms with Crippen molar-refractivity contribution in [3.63, 3.8) is 0 Å². The van der Waals surface area contributed by atoms with E-state index in [0.29, 0.717) is 12.1 Å². The van der Waals surface area contributed by atoms with Crippen LogP contribution in [0.1, 0.15) is 36.8 Å². The number of hydrogen-bond donors (Lipinski definition) is 2. The molecule has 1 aliphatic heterocycles. The van der Waals surface area contributed by atoms with Gasteiger partial charge in [0.15, 0.2) is 5.96 Å². The van der Waals surface area contributed by atoms with Gasteiger partial charge in [-0.25, -0.2) is 4.39 Å². The molecule has 1 aromatic rings. The van der Waals surface area contributed by atoms with Crippen molar-refractivity contribution in [3.05, 3.63) is 35.1 Å². The lowest BCUT2D eigenvalue weighted by Crippen LogP contribution is -2.41. The molecule has 0 amide bonds. The van der Waals surface area contributed by atoms with Crippen molar-refractivity contribution in [1.29, 1.82) is 0 Å². The highest BCUT2D eigenvalue weighted by atomic mass is 19.1. The molecule has 4 nitrogen and oxygen atoms in total. The summed E-state index contributed by atoms with van der Waals surface area (Å²) in [6, 6.07) is 5.19. The fraction of sp³-hybridized carbons (Fsp3) is 0.611. The number of likely N-dealkylation sites (tertiary alicyclic amines) is 1. The van der Waals surface area contributed by atoms with Crippen LogP contribution in [0, 0.1) is 12.7 Å². The van der Waals surface area contributed by atoms with Gasteiger partial charge in [0, 0.05) is 26.7 Å². The van der Waals surface area contributed by atoms with E-state index in [4.69, 9.17) is 0 Å². The van der Waals surface area contributed by atoms with E-state index in [9.17, 15) is 4.39 Å². The van der Waals surface area contributed by atoms with Crippen molar-refractivity contribution in [2.24, 2.45) is 4.99 Å². The Kier molecular flexibility index (Phi) is 7.33. The van der Waals surface area contributed by atoms with Gasteiger partial charge in [-0.15, -0.1) is 0 Å². The Balaban J connectivity index is 1.71. The summed E-state index contributed by atoms with van der Waals surface area (Å²) in [5.74, 6) is 0.635. The number of rotatable bonds is 5. The molecule has 0 spiro atoms. The number of benzene rings is 1. The Morgan fingerprint density at radius 3 is 2.57 bits per heavy atom. The fourth-order valence-electron chi connectivity index (χ4n) is 2.92. The Hall–Kier alpha value is -1.62. The molecule has 128 valence electrons. The largest absolute Gasteiger partial charge is 0.355 e. The minimum absolute atomic E-state index is 0.159. The van der Waals surface area contributed by atoms with Gasteiger partial charge < -0.3 is 15.5 Å². The molecule has 2 rings (SSSR count). The third-order valence-corrected chi connectivity index (χ3v) is 4.33. The van der Waals surface area contributed by atoms with Crippen LogP contribution in [0.4, 0.5) is 4.39 Å². The highest BCUT2D eigenvalue weighted by molar-refractivity contribution is 5.79. The summed E-state index contributed by atoms with van der Waals surface area (Å²) in [7, 11) is 1.77. The Morgan fingerprint density at radius 2 is 1.91 bits per heavy atom. The van der Waals surface area contributed by atoms with E-state index in [-0.39, 0.29) is 5.82 Å². The van der Waals surface area contributed by atoms with Gasteiger partial charge >= 0.3 is 0 Å². The second kappa shape index (κ2) is 9.50. The van der Waals surface area contributed by atoms with Crippen molar-refractivity contribution >= 4 is 5.96 Å². The molecule has 1 saturated heterocycles. The molecule has 1 aliphatic rings. The number of halogens is 1. The zero-order valence-corrected chi connectivity index (χ0v) is 14.4. The van der Waals surface area contributed by atoms with E-state index in [0.717, 1.165) is 24.6 Å². The van der Waals surface area contributed by atoms with E-state index >= 15 is 0 Å². The zero-order chi connectivity index (χ0) is 16.5. The first-order valence-corrected chi connectivity index (χ1v) is 8.61. The van der Waals surface area contributed by atoms with Gasteiger partial charge in [0.05, 0.1) is 0 Å². The van der Waals surface area contributed by atoms with Gasteiger partial charge in [0.2, 0.25) is 0 Å². The number of hydrogen-bond acceptors (Lipinski definition) is 2. The summed E-state index contributed by atoms with van der Waals surface area (Å²) in [5, 5.41) is 6.64. The van der Waals surface area contributed by atoms with Gasteiger partial charge in [0.25, 0.3) is 0 Å². The average molecular weight is 320 g/mol. The standard InChI is InChI=1S/C18H29FN4/c1-15-13-16(7-8-17(15)19)14-22-18(20-2)21-9-12-23-10-5-3-4-6-11-23/h7-8,13H,3-6,9-12,14H2,1-2H3,(H2,20,21,22). The van der Waals surface area contributed by atoms with Crippen LogP contribution in [0.3, 0.4) is 0 Å². The van der Waals surface area contributed by atoms with Gasteiger partial charge in [-0.2, -0.15) is 0 Å². The molecular weight excluding hydrogens is 291 g/mol. The second-order valence-corrected chi connectivity index (χ2v) is 6.19. The van der Waals surface area contributed by atoms with Crippen LogP contribution in [-0.4, -0.2) is 44.1 Å². The van der Waals surface area contributed by atoms with Crippen molar-refractivity contribution < 1.29 is 4.39 Å². The average Bonchev–Trinajstić information content (AvgIpc) is 2.82. The first kappa shape index (κ1) is 17.7. The maximum atomic E-state index is 13.3. The topological polar surface area (TPSA) is 39.7 Å². The molecule has 0 aromatic heterocycles. The van der Waals surface area contributed by atoms with Gasteiger partial charge in [-0.3, -0.25) is 4.99 Å². The van der Waals surface area contributed by atoms with Crippen molar-refractivity contribution in [3.8, 4) is 0 Å². The monoisotopic (exact) mass is 320 g/mol. The van der Waals surface area contributed by atoms with Crippen molar-refractivity contribution in [2.45, 2.75) is 39.2 Å². The van der Waals surface area contributed by atoms with E-state index in [1.54, 1.807) is 20.0 Å². The minimum Gasteiger partial charge on any atom is -0.355 e. The number of aryl methyl sites for hydroxylation is 1. The van der Waals surface area contributed by atoms with Crippen LogP contribution in [-0.2, 0) is 6.54 Å². The van der Waals surface area contributed by atoms with Crippen molar-refractivity contribution in [2.75, 3.05) is 33.2 Å². The van der Waals surface area contributed by atoms with E-state index in [1.165, 1.54) is 44.8 Å². The lowest BCUT2D eigenvalue weighted by molar-refractivity contribution is 0.289. The molecule has 2 N–H and O–H groups in total. The van der Waals surface area contributed by atoms with Gasteiger partial charge in [0.1, 0.15) is 5.82 Å². The molecule has 1 heterocycles.